The van der Waals surface area contributed by atoms with Gasteiger partial charge >= 0.3 is 6.18 Å². The molecule has 0 radical (unpaired) electrons. The highest BCUT2D eigenvalue weighted by Gasteiger charge is 2.34. The zero-order valence-electron chi connectivity index (χ0n) is 10.0. The number of halogens is 5. The van der Waals surface area contributed by atoms with Gasteiger partial charge in [0.1, 0.15) is 11.5 Å². The fourth-order valence-corrected chi connectivity index (χ4v) is 1.97. The highest BCUT2D eigenvalue weighted by molar-refractivity contribution is 6.30. The molecule has 0 spiro atoms. The maximum Gasteiger partial charge on any atom is 0.419 e. The van der Waals surface area contributed by atoms with Crippen molar-refractivity contribution < 1.29 is 17.9 Å². The molecule has 0 aromatic heterocycles. The van der Waals surface area contributed by atoms with Gasteiger partial charge in [-0.3, -0.25) is 0 Å². The van der Waals surface area contributed by atoms with Crippen molar-refractivity contribution in [2.24, 2.45) is 0 Å². The van der Waals surface area contributed by atoms with Crippen LogP contribution in [0.5, 0.6) is 11.5 Å². The first-order valence-electron chi connectivity index (χ1n) is 5.59. The maximum atomic E-state index is 13.0. The Bertz CT molecular complexity index is 612. The van der Waals surface area contributed by atoms with E-state index in [1.165, 1.54) is 24.3 Å². The second kappa shape index (κ2) is 5.94. The zero-order chi connectivity index (χ0) is 14.8. The van der Waals surface area contributed by atoms with Crippen LogP contribution in [0.25, 0.3) is 0 Å². The molecule has 1 nitrogen and oxygen atoms in total. The van der Waals surface area contributed by atoms with Crippen molar-refractivity contribution in [1.82, 2.24) is 0 Å². The molecule has 106 valence electrons. The summed E-state index contributed by atoms with van der Waals surface area (Å²) in [5.41, 5.74) is -0.493. The van der Waals surface area contributed by atoms with Crippen molar-refractivity contribution in [2.75, 3.05) is 0 Å². The monoisotopic (exact) mass is 320 g/mol. The molecule has 0 atom stereocenters. The van der Waals surface area contributed by atoms with E-state index >= 15 is 0 Å². The topological polar surface area (TPSA) is 9.23 Å². The van der Waals surface area contributed by atoms with E-state index < -0.39 is 11.7 Å². The second-order valence-electron chi connectivity index (χ2n) is 4.02. The maximum absolute atomic E-state index is 13.0. The van der Waals surface area contributed by atoms with Crippen LogP contribution >= 0.6 is 23.2 Å². The third-order valence-corrected chi connectivity index (χ3v) is 3.07. The molecule has 0 N–H and O–H groups in total. The molecule has 0 aliphatic heterocycles. The van der Waals surface area contributed by atoms with Gasteiger partial charge in [-0.05, 0) is 35.9 Å². The second-order valence-corrected chi connectivity index (χ2v) is 4.73. The molecule has 0 amide bonds. The Hall–Kier alpha value is -1.39. The molecule has 0 bridgehead atoms. The van der Waals surface area contributed by atoms with Gasteiger partial charge in [0.25, 0.3) is 0 Å². The van der Waals surface area contributed by atoms with E-state index in [1.807, 2.05) is 0 Å². The van der Waals surface area contributed by atoms with E-state index in [4.69, 9.17) is 27.9 Å². The summed E-state index contributed by atoms with van der Waals surface area (Å²) in [5, 5.41) is 0.383. The SMILES string of the molecule is FC(F)(F)c1cc(CCl)ccc1Oc1cccc(Cl)c1. The lowest BCUT2D eigenvalue weighted by molar-refractivity contribution is -0.138. The third-order valence-electron chi connectivity index (χ3n) is 2.53. The van der Waals surface area contributed by atoms with Crippen molar-refractivity contribution in [1.29, 1.82) is 0 Å². The summed E-state index contributed by atoms with van der Waals surface area (Å²) in [6.07, 6.45) is -4.52. The lowest BCUT2D eigenvalue weighted by Crippen LogP contribution is -2.07. The van der Waals surface area contributed by atoms with Gasteiger partial charge in [0.05, 0.1) is 5.56 Å². The highest BCUT2D eigenvalue weighted by atomic mass is 35.5. The van der Waals surface area contributed by atoms with Gasteiger partial charge in [-0.1, -0.05) is 23.7 Å². The molecule has 0 saturated heterocycles. The smallest absolute Gasteiger partial charge is 0.419 e. The number of benzene rings is 2. The molecule has 0 aliphatic rings. The van der Waals surface area contributed by atoms with E-state index in [0.717, 1.165) is 6.07 Å². The van der Waals surface area contributed by atoms with Crippen molar-refractivity contribution in [3.8, 4) is 11.5 Å². The molecule has 0 aliphatic carbocycles. The number of ether oxygens (including phenoxy) is 1. The number of hydrogen-bond donors (Lipinski definition) is 0. The normalized spacial score (nSPS) is 11.4. The zero-order valence-corrected chi connectivity index (χ0v) is 11.6. The van der Waals surface area contributed by atoms with E-state index in [-0.39, 0.29) is 17.4 Å². The van der Waals surface area contributed by atoms with Crippen LogP contribution in [0.1, 0.15) is 11.1 Å². The first-order chi connectivity index (χ1) is 9.40. The number of hydrogen-bond acceptors (Lipinski definition) is 1. The standard InChI is InChI=1S/C14H9Cl2F3O/c15-8-9-4-5-13(12(6-9)14(17,18)19)20-11-3-1-2-10(16)7-11/h1-7H,8H2. The average molecular weight is 321 g/mol. The van der Waals surface area contributed by atoms with Crippen LogP contribution in [0.4, 0.5) is 13.2 Å². The van der Waals surface area contributed by atoms with Gasteiger partial charge in [0.2, 0.25) is 0 Å². The van der Waals surface area contributed by atoms with Gasteiger partial charge in [0, 0.05) is 10.9 Å². The van der Waals surface area contributed by atoms with Crippen molar-refractivity contribution in [3.63, 3.8) is 0 Å². The summed E-state index contributed by atoms with van der Waals surface area (Å²) in [6, 6.07) is 9.89. The third kappa shape index (κ3) is 3.58. The van der Waals surface area contributed by atoms with Gasteiger partial charge in [-0.2, -0.15) is 13.2 Å². The Morgan fingerprint density at radius 3 is 2.40 bits per heavy atom. The fraction of sp³-hybridized carbons (Fsp3) is 0.143. The summed E-state index contributed by atoms with van der Waals surface area (Å²) in [5.74, 6) is -0.0455. The van der Waals surface area contributed by atoms with E-state index in [0.29, 0.717) is 10.6 Å². The molecular formula is C14H9Cl2F3O. The van der Waals surface area contributed by atoms with Gasteiger partial charge in [-0.25, -0.2) is 0 Å². The van der Waals surface area contributed by atoms with Crippen LogP contribution in [0.3, 0.4) is 0 Å². The molecule has 0 unspecified atom stereocenters. The molecule has 0 heterocycles. The highest BCUT2D eigenvalue weighted by Crippen LogP contribution is 2.39. The van der Waals surface area contributed by atoms with Crippen molar-refractivity contribution in [2.45, 2.75) is 12.1 Å². The average Bonchev–Trinajstić information content (AvgIpc) is 2.38. The number of alkyl halides is 4. The quantitative estimate of drug-likeness (QED) is 0.641. The molecular weight excluding hydrogens is 312 g/mol. The van der Waals surface area contributed by atoms with E-state index in [2.05, 4.69) is 0 Å². The molecule has 2 aromatic carbocycles. The first-order valence-corrected chi connectivity index (χ1v) is 6.51. The summed E-state index contributed by atoms with van der Waals surface area (Å²) in [4.78, 5) is 0. The molecule has 0 fully saturated rings. The van der Waals surface area contributed by atoms with Crippen LogP contribution in [-0.2, 0) is 12.1 Å². The van der Waals surface area contributed by atoms with Crippen LogP contribution in [0.15, 0.2) is 42.5 Å². The van der Waals surface area contributed by atoms with Crippen LogP contribution in [-0.4, -0.2) is 0 Å². The van der Waals surface area contributed by atoms with Gasteiger partial charge in [0.15, 0.2) is 0 Å². The molecule has 2 aromatic rings. The van der Waals surface area contributed by atoms with Gasteiger partial charge < -0.3 is 4.74 Å². The largest absolute Gasteiger partial charge is 0.457 e. The minimum absolute atomic E-state index is 0.000521. The van der Waals surface area contributed by atoms with Crippen LogP contribution in [0, 0.1) is 0 Å². The summed E-state index contributed by atoms with van der Waals surface area (Å²) < 4.78 is 44.3. The molecule has 0 saturated carbocycles. The lowest BCUT2D eigenvalue weighted by atomic mass is 10.1. The number of rotatable bonds is 3. The Kier molecular flexibility index (Phi) is 4.45. The molecule has 6 heteroatoms. The predicted octanol–water partition coefficient (Wildman–Crippen LogP) is 5.89. The van der Waals surface area contributed by atoms with E-state index in [9.17, 15) is 13.2 Å². The van der Waals surface area contributed by atoms with Crippen molar-refractivity contribution in [3.05, 3.63) is 58.6 Å². The van der Waals surface area contributed by atoms with Gasteiger partial charge in [-0.15, -0.1) is 11.6 Å². The summed E-state index contributed by atoms with van der Waals surface area (Å²) in [7, 11) is 0. The minimum atomic E-state index is -4.52. The van der Waals surface area contributed by atoms with Crippen molar-refractivity contribution >= 4 is 23.2 Å². The minimum Gasteiger partial charge on any atom is -0.457 e. The molecule has 20 heavy (non-hydrogen) atoms. The fourth-order valence-electron chi connectivity index (χ4n) is 1.63. The Labute approximate surface area is 123 Å². The summed E-state index contributed by atoms with van der Waals surface area (Å²) >= 11 is 11.3. The summed E-state index contributed by atoms with van der Waals surface area (Å²) in [6.45, 7) is 0. The van der Waals surface area contributed by atoms with Crippen LogP contribution < -0.4 is 4.74 Å². The predicted molar refractivity (Wildman–Crippen MR) is 72.5 cm³/mol. The Balaban J connectivity index is 2.41. The van der Waals surface area contributed by atoms with Crippen LogP contribution in [0.2, 0.25) is 5.02 Å². The lowest BCUT2D eigenvalue weighted by Gasteiger charge is -2.14. The molecule has 2 rings (SSSR count). The first kappa shape index (κ1) is 15.0. The Morgan fingerprint density at radius 2 is 1.80 bits per heavy atom. The Morgan fingerprint density at radius 1 is 1.05 bits per heavy atom. The van der Waals surface area contributed by atoms with E-state index in [1.54, 1.807) is 12.1 Å².